The summed E-state index contributed by atoms with van der Waals surface area (Å²) in [6.07, 6.45) is 8.28. The van der Waals surface area contributed by atoms with Gasteiger partial charge in [-0.05, 0) is 62.5 Å². The van der Waals surface area contributed by atoms with Crippen LogP contribution in [0, 0.1) is 23.2 Å². The fourth-order valence-electron chi connectivity index (χ4n) is 4.88. The van der Waals surface area contributed by atoms with Crippen molar-refractivity contribution in [1.29, 1.82) is 5.41 Å². The van der Waals surface area contributed by atoms with Crippen molar-refractivity contribution in [3.63, 3.8) is 0 Å². The van der Waals surface area contributed by atoms with E-state index in [4.69, 9.17) is 14.9 Å². The molecule has 2 unspecified atom stereocenters. The number of hydrogen-bond acceptors (Lipinski definition) is 7. The fraction of sp³-hybridized carbons (Fsp3) is 0.630. The van der Waals surface area contributed by atoms with E-state index in [-0.39, 0.29) is 41.3 Å². The molecule has 0 heterocycles. The third-order valence-corrected chi connectivity index (χ3v) is 6.31. The van der Waals surface area contributed by atoms with Crippen LogP contribution in [-0.4, -0.2) is 55.5 Å². The summed E-state index contributed by atoms with van der Waals surface area (Å²) >= 11 is 0. The Morgan fingerprint density at radius 3 is 2.49 bits per heavy atom. The highest BCUT2D eigenvalue weighted by Gasteiger charge is 2.39. The van der Waals surface area contributed by atoms with Gasteiger partial charge in [0, 0.05) is 25.4 Å². The predicted octanol–water partition coefficient (Wildman–Crippen LogP) is 3.12. The number of alkyl carbamates (subject to hydrolysis) is 1. The van der Waals surface area contributed by atoms with Crippen molar-refractivity contribution < 1.29 is 23.9 Å². The topological polar surface area (TPSA) is 142 Å². The van der Waals surface area contributed by atoms with E-state index in [1.807, 2.05) is 27.7 Å². The lowest BCUT2D eigenvalue weighted by molar-refractivity contribution is -0.120. The van der Waals surface area contributed by atoms with E-state index in [0.29, 0.717) is 18.9 Å². The molecular formula is C27H43N5O5. The average molecular weight is 518 g/mol. The maximum Gasteiger partial charge on any atom is 0.407 e. The van der Waals surface area contributed by atoms with Crippen LogP contribution in [0.1, 0.15) is 60.8 Å². The number of fused-ring (bicyclic) bond motifs is 2. The lowest BCUT2D eigenvalue weighted by Crippen LogP contribution is -2.52. The molecule has 0 aromatic carbocycles. The lowest BCUT2D eigenvalue weighted by atomic mass is 9.69. The molecule has 2 rings (SSSR count). The molecule has 37 heavy (non-hydrogen) atoms. The summed E-state index contributed by atoms with van der Waals surface area (Å²) in [7, 11) is 1.34. The zero-order chi connectivity index (χ0) is 27.8. The summed E-state index contributed by atoms with van der Waals surface area (Å²) in [5, 5.41) is 19.8. The van der Waals surface area contributed by atoms with Gasteiger partial charge in [-0.2, -0.15) is 0 Å². The summed E-state index contributed by atoms with van der Waals surface area (Å²) in [4.78, 5) is 36.6. The Hall–Kier alpha value is -3.30. The van der Waals surface area contributed by atoms with Crippen LogP contribution in [0.5, 0.6) is 0 Å². The zero-order valence-corrected chi connectivity index (χ0v) is 23.1. The van der Waals surface area contributed by atoms with Gasteiger partial charge in [0.25, 0.3) is 5.91 Å². The number of amides is 3. The minimum Gasteiger partial charge on any atom is -0.478 e. The van der Waals surface area contributed by atoms with E-state index in [0.717, 1.165) is 24.6 Å². The summed E-state index contributed by atoms with van der Waals surface area (Å²) in [6, 6.07) is -0.235. The van der Waals surface area contributed by atoms with E-state index >= 15 is 0 Å². The second-order valence-electron chi connectivity index (χ2n) is 10.9. The van der Waals surface area contributed by atoms with Gasteiger partial charge in [-0.25, -0.2) is 4.79 Å². The van der Waals surface area contributed by atoms with E-state index in [1.54, 1.807) is 12.3 Å². The summed E-state index contributed by atoms with van der Waals surface area (Å²) < 4.78 is 10.6. The molecule has 2 aliphatic rings. The number of carbonyl (C=O) groups is 3. The molecule has 2 bridgehead atoms. The van der Waals surface area contributed by atoms with Gasteiger partial charge in [0.05, 0.1) is 25.3 Å². The normalized spacial score (nSPS) is 23.9. The Balaban J connectivity index is 2.24. The van der Waals surface area contributed by atoms with Crippen LogP contribution in [0.2, 0.25) is 0 Å². The Morgan fingerprint density at radius 1 is 1.22 bits per heavy atom. The van der Waals surface area contributed by atoms with Crippen LogP contribution >= 0.6 is 0 Å². The molecule has 10 nitrogen and oxygen atoms in total. The number of hydrogen-bond donors (Lipinski definition) is 5. The van der Waals surface area contributed by atoms with Crippen LogP contribution < -0.4 is 21.3 Å². The van der Waals surface area contributed by atoms with E-state index in [2.05, 4.69) is 34.3 Å². The van der Waals surface area contributed by atoms with E-state index in [1.165, 1.54) is 14.0 Å². The third-order valence-electron chi connectivity index (χ3n) is 6.31. The summed E-state index contributed by atoms with van der Waals surface area (Å²) in [5.41, 5.74) is 0.528. The van der Waals surface area contributed by atoms with Gasteiger partial charge in [-0.3, -0.25) is 9.59 Å². The predicted molar refractivity (Wildman–Crippen MR) is 143 cm³/mol. The largest absolute Gasteiger partial charge is 0.478 e. The zero-order valence-electron chi connectivity index (χ0n) is 23.1. The van der Waals surface area contributed by atoms with Gasteiger partial charge in [-0.15, -0.1) is 0 Å². The molecule has 4 atom stereocenters. The highest BCUT2D eigenvalue weighted by atomic mass is 16.5. The third kappa shape index (κ3) is 9.26. The Kier molecular flexibility index (Phi) is 10.8. The smallest absolute Gasteiger partial charge is 0.407 e. The molecule has 0 aromatic heterocycles. The standard InChI is InChI=1S/C27H43N5O5/c1-16(2)15-37-25(29-9-8-27(5,6)32-18(4)33)22(14-28)24(34)31-23-19-10-17(3)11-20(23)13-21(12-19)30-26(35)36-7/h8-10,14,16-17,20-21,23,28-29H,11-13,15H2,1-7H3,(H,30,35)(H,31,34)(H,32,33)/b9-8+,25-22-,28-14?/t17?,20?,21-,23-/m0/s1. The Bertz CT molecular complexity index is 953. The van der Waals surface area contributed by atoms with E-state index < -0.39 is 17.5 Å². The number of nitrogens with one attached hydrogen (secondary N) is 5. The maximum atomic E-state index is 13.4. The number of ether oxygens (including phenoxy) is 2. The van der Waals surface area contributed by atoms with Gasteiger partial charge >= 0.3 is 6.09 Å². The van der Waals surface area contributed by atoms with Crippen molar-refractivity contribution in [2.24, 2.45) is 17.8 Å². The molecule has 0 aliphatic heterocycles. The maximum absolute atomic E-state index is 13.4. The van der Waals surface area contributed by atoms with Crippen LogP contribution in [0.4, 0.5) is 4.79 Å². The molecule has 0 saturated heterocycles. The lowest BCUT2D eigenvalue weighted by Gasteiger charge is -2.43. The minimum atomic E-state index is -0.618. The Labute approximate surface area is 220 Å². The van der Waals surface area contributed by atoms with Gasteiger partial charge in [-0.1, -0.05) is 26.8 Å². The monoisotopic (exact) mass is 517 g/mol. The molecule has 2 aliphatic carbocycles. The van der Waals surface area contributed by atoms with Crippen molar-refractivity contribution in [3.05, 3.63) is 35.4 Å². The van der Waals surface area contributed by atoms with Crippen molar-refractivity contribution in [1.82, 2.24) is 21.3 Å². The second-order valence-corrected chi connectivity index (χ2v) is 10.9. The Morgan fingerprint density at radius 2 is 1.92 bits per heavy atom. The fourth-order valence-corrected chi connectivity index (χ4v) is 4.88. The van der Waals surface area contributed by atoms with Crippen LogP contribution in [0.25, 0.3) is 0 Å². The minimum absolute atomic E-state index is 0.0502. The second kappa shape index (κ2) is 13.3. The molecule has 10 heteroatoms. The summed E-state index contributed by atoms with van der Waals surface area (Å²) in [5.74, 6) is 0.332. The molecule has 3 amide bonds. The molecule has 5 N–H and O–H groups in total. The molecule has 1 fully saturated rings. The highest BCUT2D eigenvalue weighted by Crippen LogP contribution is 2.39. The molecule has 1 saturated carbocycles. The van der Waals surface area contributed by atoms with Crippen LogP contribution in [-0.2, 0) is 19.1 Å². The van der Waals surface area contributed by atoms with Gasteiger partial charge in [0.2, 0.25) is 11.8 Å². The number of carbonyl (C=O) groups excluding carboxylic acids is 3. The van der Waals surface area contributed by atoms with Gasteiger partial charge in [0.15, 0.2) is 0 Å². The number of allylic oxidation sites excluding steroid dienone is 1. The molecular weight excluding hydrogens is 474 g/mol. The first-order valence-electron chi connectivity index (χ1n) is 12.8. The average Bonchev–Trinajstić information content (AvgIpc) is 2.77. The van der Waals surface area contributed by atoms with E-state index in [9.17, 15) is 14.4 Å². The molecule has 0 spiro atoms. The number of rotatable bonds is 11. The van der Waals surface area contributed by atoms with Gasteiger partial charge < -0.3 is 36.2 Å². The highest BCUT2D eigenvalue weighted by molar-refractivity contribution is 6.12. The van der Waals surface area contributed by atoms with Crippen LogP contribution in [0.15, 0.2) is 35.4 Å². The number of methoxy groups -OCH3 is 1. The first kappa shape index (κ1) is 29.9. The van der Waals surface area contributed by atoms with Crippen molar-refractivity contribution in [2.75, 3.05) is 13.7 Å². The van der Waals surface area contributed by atoms with Gasteiger partial charge in [0.1, 0.15) is 5.57 Å². The van der Waals surface area contributed by atoms with Crippen molar-refractivity contribution in [3.8, 4) is 0 Å². The SMILES string of the molecule is COC(=O)N[C@H]1CC2=CC(C)CC(C1)[C@H]2NC(=O)/C(C=N)=C(/N/C=C/C(C)(C)NC(C)=O)OCC(C)C. The molecule has 0 aromatic rings. The first-order chi connectivity index (χ1) is 17.3. The molecule has 206 valence electrons. The van der Waals surface area contributed by atoms with Crippen LogP contribution in [0.3, 0.4) is 0 Å². The molecule has 0 radical (unpaired) electrons. The quantitative estimate of drug-likeness (QED) is 0.123. The summed E-state index contributed by atoms with van der Waals surface area (Å²) in [6.45, 7) is 11.6. The first-order valence-corrected chi connectivity index (χ1v) is 12.8. The van der Waals surface area contributed by atoms with Crippen molar-refractivity contribution >= 4 is 24.1 Å². The van der Waals surface area contributed by atoms with Crippen molar-refractivity contribution in [2.45, 2.75) is 78.4 Å².